The van der Waals surface area contributed by atoms with Crippen molar-refractivity contribution in [2.75, 3.05) is 13.1 Å². The van der Waals surface area contributed by atoms with Gasteiger partial charge in [0.15, 0.2) is 5.69 Å². The quantitative estimate of drug-likeness (QED) is 0.911. The van der Waals surface area contributed by atoms with Crippen LogP contribution >= 0.6 is 0 Å². The standard InChI is InChI=1S/C16H19N5O2/c1-11-3-5-12(6-4-11)21-9-13(18-19-21)14(22)20-8-7-16(2,10-20)15(17)23/h3-6,9H,7-8,10H2,1-2H3,(H2,17,23)/t16-/m0/s1. The first-order chi connectivity index (χ1) is 10.9. The second-order valence-electron chi connectivity index (χ2n) is 6.29. The molecule has 2 heterocycles. The van der Waals surface area contributed by atoms with Gasteiger partial charge in [0.1, 0.15) is 0 Å². The Morgan fingerprint density at radius 1 is 1.26 bits per heavy atom. The molecule has 1 saturated heterocycles. The maximum atomic E-state index is 12.5. The molecule has 1 aromatic carbocycles. The lowest BCUT2D eigenvalue weighted by Gasteiger charge is -2.20. The fraction of sp³-hybridized carbons (Fsp3) is 0.375. The van der Waals surface area contributed by atoms with E-state index >= 15 is 0 Å². The monoisotopic (exact) mass is 313 g/mol. The molecular formula is C16H19N5O2. The third-order valence-corrected chi connectivity index (χ3v) is 4.37. The molecule has 23 heavy (non-hydrogen) atoms. The zero-order valence-electron chi connectivity index (χ0n) is 13.2. The Kier molecular flexibility index (Phi) is 3.63. The van der Waals surface area contributed by atoms with Gasteiger partial charge in [-0.25, -0.2) is 4.68 Å². The average molecular weight is 313 g/mol. The summed E-state index contributed by atoms with van der Waals surface area (Å²) in [5, 5.41) is 7.97. The van der Waals surface area contributed by atoms with Crippen LogP contribution in [-0.2, 0) is 4.79 Å². The van der Waals surface area contributed by atoms with Gasteiger partial charge in [0.05, 0.1) is 17.3 Å². The Balaban J connectivity index is 1.77. The van der Waals surface area contributed by atoms with E-state index in [1.165, 1.54) is 0 Å². The van der Waals surface area contributed by atoms with Crippen LogP contribution in [0, 0.1) is 12.3 Å². The fourth-order valence-corrected chi connectivity index (χ4v) is 2.68. The van der Waals surface area contributed by atoms with Crippen molar-refractivity contribution >= 4 is 11.8 Å². The lowest BCUT2D eigenvalue weighted by atomic mass is 9.89. The molecule has 0 bridgehead atoms. The van der Waals surface area contributed by atoms with E-state index in [2.05, 4.69) is 10.3 Å². The number of nitrogens with zero attached hydrogens (tertiary/aromatic N) is 4. The number of aromatic nitrogens is 3. The lowest BCUT2D eigenvalue weighted by molar-refractivity contribution is -0.126. The molecule has 7 nitrogen and oxygen atoms in total. The van der Waals surface area contributed by atoms with Crippen molar-refractivity contribution in [2.45, 2.75) is 20.3 Å². The Labute approximate surface area is 134 Å². The maximum Gasteiger partial charge on any atom is 0.276 e. The van der Waals surface area contributed by atoms with Crippen molar-refractivity contribution < 1.29 is 9.59 Å². The Bertz CT molecular complexity index is 752. The van der Waals surface area contributed by atoms with Crippen molar-refractivity contribution in [3.63, 3.8) is 0 Å². The van der Waals surface area contributed by atoms with Crippen LogP contribution in [0.25, 0.3) is 5.69 Å². The molecular weight excluding hydrogens is 294 g/mol. The van der Waals surface area contributed by atoms with E-state index in [0.717, 1.165) is 11.3 Å². The molecule has 0 aliphatic carbocycles. The van der Waals surface area contributed by atoms with Crippen LogP contribution in [0.1, 0.15) is 29.4 Å². The van der Waals surface area contributed by atoms with E-state index in [1.54, 1.807) is 22.7 Å². The molecule has 1 aliphatic heterocycles. The van der Waals surface area contributed by atoms with Gasteiger partial charge in [-0.05, 0) is 32.4 Å². The van der Waals surface area contributed by atoms with Crippen molar-refractivity contribution in [2.24, 2.45) is 11.1 Å². The molecule has 2 amide bonds. The number of carbonyl (C=O) groups excluding carboxylic acids is 2. The number of carbonyl (C=O) groups is 2. The zero-order valence-corrected chi connectivity index (χ0v) is 13.2. The molecule has 1 aliphatic rings. The lowest BCUT2D eigenvalue weighted by Crippen LogP contribution is -2.38. The summed E-state index contributed by atoms with van der Waals surface area (Å²) in [4.78, 5) is 25.6. The van der Waals surface area contributed by atoms with Crippen molar-refractivity contribution in [3.8, 4) is 5.69 Å². The molecule has 7 heteroatoms. The van der Waals surface area contributed by atoms with E-state index in [4.69, 9.17) is 5.73 Å². The number of hydrogen-bond acceptors (Lipinski definition) is 4. The minimum absolute atomic E-state index is 0.228. The summed E-state index contributed by atoms with van der Waals surface area (Å²) in [5.74, 6) is -0.607. The number of benzene rings is 1. The summed E-state index contributed by atoms with van der Waals surface area (Å²) in [7, 11) is 0. The maximum absolute atomic E-state index is 12.5. The van der Waals surface area contributed by atoms with Gasteiger partial charge in [-0.2, -0.15) is 0 Å². The Morgan fingerprint density at radius 3 is 2.57 bits per heavy atom. The van der Waals surface area contributed by atoms with Gasteiger partial charge in [0, 0.05) is 13.1 Å². The van der Waals surface area contributed by atoms with E-state index in [0.29, 0.717) is 19.5 Å². The van der Waals surface area contributed by atoms with Gasteiger partial charge >= 0.3 is 0 Å². The number of nitrogens with two attached hydrogens (primary N) is 1. The SMILES string of the molecule is Cc1ccc(-n2cc(C(=O)N3CC[C@](C)(C(N)=O)C3)nn2)cc1. The predicted octanol–water partition coefficient (Wildman–Crippen LogP) is 0.913. The molecule has 0 saturated carbocycles. The minimum atomic E-state index is -0.664. The smallest absolute Gasteiger partial charge is 0.276 e. The van der Waals surface area contributed by atoms with Crippen molar-refractivity contribution in [1.82, 2.24) is 19.9 Å². The fourth-order valence-electron chi connectivity index (χ4n) is 2.68. The third kappa shape index (κ3) is 2.81. The first-order valence-electron chi connectivity index (χ1n) is 7.48. The van der Waals surface area contributed by atoms with Crippen LogP contribution in [0.4, 0.5) is 0 Å². The number of likely N-dealkylation sites (tertiary alicyclic amines) is 1. The topological polar surface area (TPSA) is 94.1 Å². The Hall–Kier alpha value is -2.70. The van der Waals surface area contributed by atoms with E-state index in [9.17, 15) is 9.59 Å². The summed E-state index contributed by atoms with van der Waals surface area (Å²) in [6.45, 7) is 4.60. The number of aryl methyl sites for hydroxylation is 1. The third-order valence-electron chi connectivity index (χ3n) is 4.37. The van der Waals surface area contributed by atoms with Crippen LogP contribution in [0.15, 0.2) is 30.5 Å². The highest BCUT2D eigenvalue weighted by atomic mass is 16.2. The van der Waals surface area contributed by atoms with Crippen LogP contribution < -0.4 is 5.73 Å². The first kappa shape index (κ1) is 15.2. The van der Waals surface area contributed by atoms with E-state index < -0.39 is 5.41 Å². The molecule has 0 unspecified atom stereocenters. The van der Waals surface area contributed by atoms with Crippen molar-refractivity contribution in [3.05, 3.63) is 41.7 Å². The molecule has 1 atom stereocenters. The summed E-state index contributed by atoms with van der Waals surface area (Å²) in [5.41, 5.74) is 7.00. The number of amides is 2. The second kappa shape index (κ2) is 5.49. The zero-order chi connectivity index (χ0) is 16.6. The molecule has 0 spiro atoms. The second-order valence-corrected chi connectivity index (χ2v) is 6.29. The highest BCUT2D eigenvalue weighted by Crippen LogP contribution is 2.30. The molecule has 1 aromatic heterocycles. The van der Waals surface area contributed by atoms with Gasteiger partial charge in [-0.3, -0.25) is 9.59 Å². The number of primary amides is 1. The molecule has 2 N–H and O–H groups in total. The predicted molar refractivity (Wildman–Crippen MR) is 83.9 cm³/mol. The van der Waals surface area contributed by atoms with Crippen LogP contribution in [0.5, 0.6) is 0 Å². The number of rotatable bonds is 3. The summed E-state index contributed by atoms with van der Waals surface area (Å²) >= 11 is 0. The van der Waals surface area contributed by atoms with Gasteiger partial charge in [0.2, 0.25) is 5.91 Å². The summed E-state index contributed by atoms with van der Waals surface area (Å²) < 4.78 is 1.57. The normalized spacial score (nSPS) is 20.7. The average Bonchev–Trinajstić information content (AvgIpc) is 3.15. The van der Waals surface area contributed by atoms with Gasteiger partial charge in [-0.15, -0.1) is 5.10 Å². The van der Waals surface area contributed by atoms with Crippen LogP contribution in [0.3, 0.4) is 0 Å². The molecule has 0 radical (unpaired) electrons. The molecule has 2 aromatic rings. The number of hydrogen-bond donors (Lipinski definition) is 1. The summed E-state index contributed by atoms with van der Waals surface area (Å²) in [6, 6.07) is 7.77. The van der Waals surface area contributed by atoms with Crippen LogP contribution in [-0.4, -0.2) is 44.8 Å². The highest BCUT2D eigenvalue weighted by molar-refractivity contribution is 5.93. The molecule has 120 valence electrons. The highest BCUT2D eigenvalue weighted by Gasteiger charge is 2.41. The van der Waals surface area contributed by atoms with E-state index in [1.807, 2.05) is 31.2 Å². The van der Waals surface area contributed by atoms with Crippen molar-refractivity contribution in [1.29, 1.82) is 0 Å². The van der Waals surface area contributed by atoms with Gasteiger partial charge < -0.3 is 10.6 Å². The minimum Gasteiger partial charge on any atom is -0.369 e. The van der Waals surface area contributed by atoms with Gasteiger partial charge in [0.25, 0.3) is 5.91 Å². The largest absolute Gasteiger partial charge is 0.369 e. The first-order valence-corrected chi connectivity index (χ1v) is 7.48. The molecule has 1 fully saturated rings. The van der Waals surface area contributed by atoms with E-state index in [-0.39, 0.29) is 17.5 Å². The molecule has 3 rings (SSSR count). The Morgan fingerprint density at radius 2 is 1.96 bits per heavy atom. The summed E-state index contributed by atoms with van der Waals surface area (Å²) in [6.07, 6.45) is 2.17. The van der Waals surface area contributed by atoms with Crippen LogP contribution in [0.2, 0.25) is 0 Å². The van der Waals surface area contributed by atoms with Gasteiger partial charge in [-0.1, -0.05) is 22.9 Å².